The fraction of sp³-hybridized carbons (Fsp3) is 0.520. The average molecular weight is 755 g/mol. The van der Waals surface area contributed by atoms with E-state index in [2.05, 4.69) is 24.5 Å². The first-order chi connectivity index (χ1) is 27.5. The van der Waals surface area contributed by atoms with E-state index in [1.54, 1.807) is 0 Å². The van der Waals surface area contributed by atoms with E-state index in [0.29, 0.717) is 27.6 Å². The summed E-state index contributed by atoms with van der Waals surface area (Å²) in [6.07, 6.45) is 29.3. The van der Waals surface area contributed by atoms with E-state index >= 15 is 0 Å². The number of imide groups is 2. The second kappa shape index (κ2) is 18.7. The van der Waals surface area contributed by atoms with Crippen molar-refractivity contribution in [1.29, 1.82) is 0 Å². The maximum Gasteiger partial charge on any atom is 0.259 e. The van der Waals surface area contributed by atoms with E-state index in [1.807, 2.05) is 36.4 Å². The van der Waals surface area contributed by atoms with Gasteiger partial charge in [-0.15, -0.1) is 0 Å². The Kier molecular flexibility index (Phi) is 13.4. The molecule has 0 spiro atoms. The lowest BCUT2D eigenvalue weighted by molar-refractivity contribution is 0.0828. The van der Waals surface area contributed by atoms with E-state index in [4.69, 9.17) is 0 Å². The average Bonchev–Trinajstić information content (AvgIpc) is 3.19. The quantitative estimate of drug-likeness (QED) is 0.0284. The zero-order valence-electron chi connectivity index (χ0n) is 34.1. The van der Waals surface area contributed by atoms with Crippen molar-refractivity contribution in [3.8, 4) is 0 Å². The number of nitrogens with one attached hydrogen (secondary N) is 2. The second-order valence-electron chi connectivity index (χ2n) is 16.8. The number of carbonyl (C=O) groups is 4. The van der Waals surface area contributed by atoms with Gasteiger partial charge in [0.25, 0.3) is 23.6 Å². The Morgan fingerprint density at radius 3 is 1.20 bits per heavy atom. The smallest absolute Gasteiger partial charge is 0.259 e. The molecule has 0 fully saturated rings. The number of hydrogen-bond donors (Lipinski definition) is 2. The van der Waals surface area contributed by atoms with Crippen LogP contribution in [0, 0.1) is 0 Å². The molecule has 0 atom stereocenters. The molecule has 296 valence electrons. The van der Waals surface area contributed by atoms with Crippen LogP contribution < -0.4 is 10.6 Å². The first-order valence-corrected chi connectivity index (χ1v) is 22.4. The molecule has 2 heterocycles. The summed E-state index contributed by atoms with van der Waals surface area (Å²) in [5.41, 5.74) is 4.53. The van der Waals surface area contributed by atoms with E-state index in [1.165, 1.54) is 121 Å². The SMILES string of the molecule is CCCCCCCCCCCCCc1c2c3c(ccc4c5ccc6c7c(ccc(c(c1CCCCCCCCCCCCC)c34)c75)C(=O)NC6=O)C(=O)NC2=O. The Labute approximate surface area is 333 Å². The molecule has 7 rings (SSSR count). The van der Waals surface area contributed by atoms with Crippen LogP contribution in [0.15, 0.2) is 36.4 Å². The third-order valence-electron chi connectivity index (χ3n) is 12.9. The van der Waals surface area contributed by atoms with Crippen LogP contribution >= 0.6 is 0 Å². The van der Waals surface area contributed by atoms with Crippen molar-refractivity contribution < 1.29 is 19.2 Å². The number of unbranched alkanes of at least 4 members (excludes halogenated alkanes) is 20. The van der Waals surface area contributed by atoms with Gasteiger partial charge in [-0.2, -0.15) is 0 Å². The predicted octanol–water partition coefficient (Wildman–Crippen LogP) is 13.2. The number of carbonyl (C=O) groups excluding carboxylic acids is 4. The van der Waals surface area contributed by atoms with Crippen molar-refractivity contribution in [2.24, 2.45) is 0 Å². The predicted molar refractivity (Wildman–Crippen MR) is 232 cm³/mol. The van der Waals surface area contributed by atoms with Crippen molar-refractivity contribution >= 4 is 66.7 Å². The maximum absolute atomic E-state index is 14.1. The van der Waals surface area contributed by atoms with Crippen molar-refractivity contribution in [1.82, 2.24) is 10.6 Å². The molecule has 0 saturated heterocycles. The third-order valence-corrected chi connectivity index (χ3v) is 12.9. The van der Waals surface area contributed by atoms with E-state index in [-0.39, 0.29) is 23.6 Å². The molecule has 2 aliphatic heterocycles. The number of benzene rings is 5. The van der Waals surface area contributed by atoms with Crippen molar-refractivity contribution in [2.45, 2.75) is 168 Å². The van der Waals surface area contributed by atoms with Crippen LogP contribution in [0.25, 0.3) is 43.1 Å². The maximum atomic E-state index is 14.1. The number of aryl methyl sites for hydroxylation is 1. The van der Waals surface area contributed by atoms with Gasteiger partial charge in [0.1, 0.15) is 0 Å². The van der Waals surface area contributed by atoms with Crippen LogP contribution in [0.4, 0.5) is 0 Å². The lowest BCUT2D eigenvalue weighted by atomic mass is 9.77. The van der Waals surface area contributed by atoms with E-state index in [9.17, 15) is 19.2 Å². The molecule has 0 aliphatic carbocycles. The van der Waals surface area contributed by atoms with E-state index < -0.39 is 0 Å². The number of fused-ring (bicyclic) bond motifs is 2. The summed E-state index contributed by atoms with van der Waals surface area (Å²) >= 11 is 0. The lowest BCUT2D eigenvalue weighted by Gasteiger charge is -2.28. The Morgan fingerprint density at radius 2 is 0.714 bits per heavy atom. The first kappa shape index (κ1) is 39.9. The summed E-state index contributed by atoms with van der Waals surface area (Å²) < 4.78 is 0. The molecule has 0 unspecified atom stereocenters. The van der Waals surface area contributed by atoms with Gasteiger partial charge in [0.15, 0.2) is 0 Å². The molecule has 0 bridgehead atoms. The molecular weight excluding hydrogens is 693 g/mol. The number of rotatable bonds is 24. The van der Waals surface area contributed by atoms with Crippen molar-refractivity contribution in [3.63, 3.8) is 0 Å². The molecule has 2 aliphatic rings. The molecule has 5 aromatic carbocycles. The van der Waals surface area contributed by atoms with Gasteiger partial charge in [0, 0.05) is 27.5 Å². The van der Waals surface area contributed by atoms with Gasteiger partial charge in [0.05, 0.1) is 5.56 Å². The molecule has 0 aromatic heterocycles. The van der Waals surface area contributed by atoms with Crippen LogP contribution in [0.3, 0.4) is 0 Å². The zero-order chi connectivity index (χ0) is 39.0. The second-order valence-corrected chi connectivity index (χ2v) is 16.8. The summed E-state index contributed by atoms with van der Waals surface area (Å²) in [6, 6.07) is 11.6. The third kappa shape index (κ3) is 8.08. The van der Waals surface area contributed by atoms with Gasteiger partial charge in [-0.1, -0.05) is 160 Å². The number of amides is 4. The van der Waals surface area contributed by atoms with Gasteiger partial charge in [-0.25, -0.2) is 0 Å². The summed E-state index contributed by atoms with van der Waals surface area (Å²) in [4.78, 5) is 53.9. The highest BCUT2D eigenvalue weighted by molar-refractivity contribution is 6.42. The minimum absolute atomic E-state index is 0.289. The highest BCUT2D eigenvalue weighted by Gasteiger charge is 2.34. The van der Waals surface area contributed by atoms with Crippen LogP contribution in [-0.2, 0) is 12.8 Å². The summed E-state index contributed by atoms with van der Waals surface area (Å²) in [7, 11) is 0. The largest absolute Gasteiger partial charge is 0.288 e. The van der Waals surface area contributed by atoms with Crippen molar-refractivity contribution in [2.75, 3.05) is 0 Å². The normalized spacial score (nSPS) is 13.9. The topological polar surface area (TPSA) is 92.3 Å². The van der Waals surface area contributed by atoms with E-state index in [0.717, 1.165) is 81.8 Å². The van der Waals surface area contributed by atoms with Crippen LogP contribution in [-0.4, -0.2) is 23.6 Å². The Morgan fingerprint density at radius 1 is 0.339 bits per heavy atom. The van der Waals surface area contributed by atoms with Crippen LogP contribution in [0.1, 0.15) is 208 Å². The summed E-state index contributed by atoms with van der Waals surface area (Å²) in [5.74, 6) is -1.38. The van der Waals surface area contributed by atoms with Crippen LogP contribution in [0.2, 0.25) is 0 Å². The van der Waals surface area contributed by atoms with Gasteiger partial charge in [-0.05, 0) is 87.3 Å². The highest BCUT2D eigenvalue weighted by atomic mass is 16.2. The molecular formula is C50H62N2O4. The Hall–Kier alpha value is -4.32. The van der Waals surface area contributed by atoms with Crippen LogP contribution in [0.5, 0.6) is 0 Å². The molecule has 2 N–H and O–H groups in total. The molecule has 0 radical (unpaired) electrons. The van der Waals surface area contributed by atoms with Gasteiger partial charge in [0.2, 0.25) is 0 Å². The molecule has 5 aromatic rings. The lowest BCUT2D eigenvalue weighted by Crippen LogP contribution is -2.36. The fourth-order valence-electron chi connectivity index (χ4n) is 9.95. The summed E-state index contributed by atoms with van der Waals surface area (Å²) in [6.45, 7) is 4.53. The fourth-order valence-corrected chi connectivity index (χ4v) is 9.95. The molecule has 6 nitrogen and oxygen atoms in total. The first-order valence-electron chi connectivity index (χ1n) is 22.4. The van der Waals surface area contributed by atoms with Gasteiger partial charge >= 0.3 is 0 Å². The standard InChI is InChI=1S/C50H62N2O4/c1-3-5-7-9-11-13-15-17-19-21-23-25-33-34(26-24-22-20-18-16-14-12-10-8-6-4-2)46-45-40(49(55)52-50(46)56)31-28-36-35-27-30-38-43-39(48(54)51-47(38)53)32-29-37(41(35)43)42(33)44(36)45/h27-32H,3-26H2,1-2H3,(H,51,53,54)(H,52,55,56). The Balaban J connectivity index is 1.24. The molecule has 6 heteroatoms. The molecule has 4 amide bonds. The molecule has 0 saturated carbocycles. The monoisotopic (exact) mass is 754 g/mol. The van der Waals surface area contributed by atoms with Gasteiger partial charge in [-0.3, -0.25) is 29.8 Å². The molecule has 56 heavy (non-hydrogen) atoms. The van der Waals surface area contributed by atoms with Crippen molar-refractivity contribution in [3.05, 3.63) is 69.8 Å². The minimum atomic E-state index is -0.372. The summed E-state index contributed by atoms with van der Waals surface area (Å²) in [5, 5.41) is 12.6. The minimum Gasteiger partial charge on any atom is -0.288 e. The highest BCUT2D eigenvalue weighted by Crippen LogP contribution is 2.48. The van der Waals surface area contributed by atoms with Gasteiger partial charge < -0.3 is 0 Å². The Bertz CT molecular complexity index is 2210. The zero-order valence-corrected chi connectivity index (χ0v) is 34.1. The number of hydrogen-bond acceptors (Lipinski definition) is 4.